The molecule has 1 saturated heterocycles. The van der Waals surface area contributed by atoms with Gasteiger partial charge in [-0.2, -0.15) is 0 Å². The fourth-order valence-electron chi connectivity index (χ4n) is 2.62. The Bertz CT molecular complexity index is 366. The van der Waals surface area contributed by atoms with Crippen LogP contribution in [-0.2, 0) is 6.54 Å². The summed E-state index contributed by atoms with van der Waals surface area (Å²) in [6, 6.07) is 2.37. The monoisotopic (exact) mass is 264 g/mol. The predicted octanol–water partition coefficient (Wildman–Crippen LogP) is 1.54. The van der Waals surface area contributed by atoms with Crippen LogP contribution in [0.5, 0.6) is 0 Å². The van der Waals surface area contributed by atoms with Crippen molar-refractivity contribution < 1.29 is 0 Å². The Kier molecular flexibility index (Phi) is 5.43. The fourth-order valence-corrected chi connectivity index (χ4v) is 2.62. The van der Waals surface area contributed by atoms with Gasteiger partial charge in [-0.1, -0.05) is 13.3 Å². The third kappa shape index (κ3) is 4.34. The van der Waals surface area contributed by atoms with Gasteiger partial charge in [0.15, 0.2) is 0 Å². The molecule has 1 aromatic heterocycles. The topological polar surface area (TPSA) is 37.4 Å². The molecular formula is C15H28N4. The lowest BCUT2D eigenvalue weighted by Gasteiger charge is -2.32. The number of rotatable bonds is 6. The smallest absolute Gasteiger partial charge is 0.0347 e. The first kappa shape index (κ1) is 14.6. The van der Waals surface area contributed by atoms with Crippen LogP contribution in [-0.4, -0.2) is 54.1 Å². The van der Waals surface area contributed by atoms with Crippen molar-refractivity contribution in [3.8, 4) is 0 Å². The molecule has 1 aliphatic rings. The van der Waals surface area contributed by atoms with Gasteiger partial charge in [-0.3, -0.25) is 4.90 Å². The lowest BCUT2D eigenvalue weighted by Crippen LogP contribution is -2.45. The first-order valence-electron chi connectivity index (χ1n) is 7.51. The van der Waals surface area contributed by atoms with E-state index < -0.39 is 0 Å². The molecule has 0 radical (unpaired) electrons. The number of likely N-dealkylation sites (N-methyl/N-ethyl adjacent to an activating group) is 1. The number of aromatic nitrogens is 1. The van der Waals surface area contributed by atoms with Crippen LogP contribution in [0.3, 0.4) is 0 Å². The minimum atomic E-state index is 0.204. The van der Waals surface area contributed by atoms with Gasteiger partial charge in [0.05, 0.1) is 0 Å². The minimum absolute atomic E-state index is 0.204. The molecule has 1 unspecified atom stereocenters. The Balaban J connectivity index is 1.77. The molecule has 4 nitrogen and oxygen atoms in total. The summed E-state index contributed by atoms with van der Waals surface area (Å²) >= 11 is 0. The van der Waals surface area contributed by atoms with Crippen molar-refractivity contribution in [1.29, 1.82) is 0 Å². The molecule has 0 saturated carbocycles. The third-order valence-electron chi connectivity index (χ3n) is 4.07. The van der Waals surface area contributed by atoms with E-state index >= 15 is 0 Å². The summed E-state index contributed by atoms with van der Waals surface area (Å²) in [6.07, 6.45) is 6.60. The number of nitrogens with two attached hydrogens (primary N) is 1. The molecule has 0 spiro atoms. The van der Waals surface area contributed by atoms with E-state index in [9.17, 15) is 0 Å². The van der Waals surface area contributed by atoms with Gasteiger partial charge in [-0.15, -0.1) is 0 Å². The summed E-state index contributed by atoms with van der Waals surface area (Å²) in [5, 5.41) is 0. The quantitative estimate of drug-likeness (QED) is 0.847. The molecule has 2 N–H and O–H groups in total. The fraction of sp³-hybridized carbons (Fsp3) is 0.733. The average Bonchev–Trinajstić information content (AvgIpc) is 2.87. The maximum atomic E-state index is 6.14. The minimum Gasteiger partial charge on any atom is -0.353 e. The summed E-state index contributed by atoms with van der Waals surface area (Å²) in [5.41, 5.74) is 7.42. The van der Waals surface area contributed by atoms with Gasteiger partial charge in [0.1, 0.15) is 0 Å². The van der Waals surface area contributed by atoms with Gasteiger partial charge in [0.25, 0.3) is 0 Å². The van der Waals surface area contributed by atoms with Crippen LogP contribution in [0.1, 0.15) is 31.4 Å². The van der Waals surface area contributed by atoms with Crippen molar-refractivity contribution in [2.75, 3.05) is 39.8 Å². The van der Waals surface area contributed by atoms with Gasteiger partial charge in [0, 0.05) is 57.7 Å². The molecule has 1 aromatic rings. The SMILES string of the molecule is CCCC(N)c1ccn(CCN2CCN(C)CC2)c1. The van der Waals surface area contributed by atoms with Crippen molar-refractivity contribution >= 4 is 0 Å². The van der Waals surface area contributed by atoms with Crippen LogP contribution >= 0.6 is 0 Å². The van der Waals surface area contributed by atoms with Crippen molar-refractivity contribution in [2.24, 2.45) is 5.73 Å². The highest BCUT2D eigenvalue weighted by Gasteiger charge is 2.13. The Morgan fingerprint density at radius 1 is 1.21 bits per heavy atom. The number of nitrogens with zero attached hydrogens (tertiary/aromatic N) is 3. The largest absolute Gasteiger partial charge is 0.353 e. The van der Waals surface area contributed by atoms with Crippen LogP contribution in [0.2, 0.25) is 0 Å². The summed E-state index contributed by atoms with van der Waals surface area (Å²) in [5.74, 6) is 0. The maximum absolute atomic E-state index is 6.14. The molecule has 2 heterocycles. The number of hydrogen-bond acceptors (Lipinski definition) is 3. The molecule has 2 rings (SSSR count). The molecule has 108 valence electrons. The number of piperazine rings is 1. The Morgan fingerprint density at radius 3 is 2.63 bits per heavy atom. The predicted molar refractivity (Wildman–Crippen MR) is 80.2 cm³/mol. The Hall–Kier alpha value is -0.840. The molecule has 1 fully saturated rings. The average molecular weight is 264 g/mol. The van der Waals surface area contributed by atoms with E-state index in [0.29, 0.717) is 0 Å². The highest BCUT2D eigenvalue weighted by Crippen LogP contribution is 2.15. The standard InChI is InChI=1S/C15H28N4/c1-3-4-15(16)14-5-6-19(13-14)12-11-18-9-7-17(2)8-10-18/h5-6,13,15H,3-4,7-12,16H2,1-2H3. The van der Waals surface area contributed by atoms with E-state index in [1.165, 1.54) is 31.7 Å². The van der Waals surface area contributed by atoms with Crippen LogP contribution in [0.4, 0.5) is 0 Å². The zero-order valence-corrected chi connectivity index (χ0v) is 12.4. The van der Waals surface area contributed by atoms with Crippen LogP contribution < -0.4 is 5.73 Å². The van der Waals surface area contributed by atoms with Crippen LogP contribution in [0.25, 0.3) is 0 Å². The van der Waals surface area contributed by atoms with Gasteiger partial charge in [-0.05, 0) is 25.1 Å². The highest BCUT2D eigenvalue weighted by molar-refractivity contribution is 5.14. The van der Waals surface area contributed by atoms with Gasteiger partial charge in [0.2, 0.25) is 0 Å². The third-order valence-corrected chi connectivity index (χ3v) is 4.07. The Labute approximate surface area is 117 Å². The lowest BCUT2D eigenvalue weighted by atomic mass is 10.1. The summed E-state index contributed by atoms with van der Waals surface area (Å²) in [4.78, 5) is 4.94. The highest BCUT2D eigenvalue weighted by atomic mass is 15.2. The first-order chi connectivity index (χ1) is 9.19. The van der Waals surface area contributed by atoms with Crippen LogP contribution in [0, 0.1) is 0 Å². The molecule has 19 heavy (non-hydrogen) atoms. The molecule has 1 atom stereocenters. The van der Waals surface area contributed by atoms with E-state index in [0.717, 1.165) is 25.9 Å². The van der Waals surface area contributed by atoms with E-state index in [4.69, 9.17) is 5.73 Å². The molecule has 1 aliphatic heterocycles. The van der Waals surface area contributed by atoms with Crippen LogP contribution in [0.15, 0.2) is 18.5 Å². The van der Waals surface area contributed by atoms with Crippen molar-refractivity contribution in [3.05, 3.63) is 24.0 Å². The second-order valence-electron chi connectivity index (χ2n) is 5.72. The van der Waals surface area contributed by atoms with Gasteiger partial charge >= 0.3 is 0 Å². The second kappa shape index (κ2) is 7.08. The van der Waals surface area contributed by atoms with Gasteiger partial charge in [-0.25, -0.2) is 0 Å². The molecule has 0 bridgehead atoms. The van der Waals surface area contributed by atoms with Gasteiger partial charge < -0.3 is 15.2 Å². The van der Waals surface area contributed by atoms with E-state index in [-0.39, 0.29) is 6.04 Å². The molecule has 0 amide bonds. The van der Waals surface area contributed by atoms with Crippen molar-refractivity contribution in [3.63, 3.8) is 0 Å². The summed E-state index contributed by atoms with van der Waals surface area (Å²) in [7, 11) is 2.20. The number of hydrogen-bond donors (Lipinski definition) is 1. The second-order valence-corrected chi connectivity index (χ2v) is 5.72. The zero-order chi connectivity index (χ0) is 13.7. The molecule has 0 aromatic carbocycles. The van der Waals surface area contributed by atoms with Crippen molar-refractivity contribution in [2.45, 2.75) is 32.4 Å². The zero-order valence-electron chi connectivity index (χ0n) is 12.4. The van der Waals surface area contributed by atoms with E-state index in [1.54, 1.807) is 0 Å². The molecular weight excluding hydrogens is 236 g/mol. The van der Waals surface area contributed by atoms with Crippen molar-refractivity contribution in [1.82, 2.24) is 14.4 Å². The summed E-state index contributed by atoms with van der Waals surface area (Å²) < 4.78 is 2.28. The summed E-state index contributed by atoms with van der Waals surface area (Å²) in [6.45, 7) is 9.17. The maximum Gasteiger partial charge on any atom is 0.0347 e. The molecule has 0 aliphatic carbocycles. The van der Waals surface area contributed by atoms with E-state index in [1.807, 2.05) is 0 Å². The normalized spacial score (nSPS) is 19.7. The molecule has 4 heteroatoms. The van der Waals surface area contributed by atoms with E-state index in [2.05, 4.69) is 46.8 Å². The lowest BCUT2D eigenvalue weighted by molar-refractivity contribution is 0.150. The first-order valence-corrected chi connectivity index (χ1v) is 7.51. The Morgan fingerprint density at radius 2 is 1.95 bits per heavy atom.